The van der Waals surface area contributed by atoms with E-state index in [1.807, 2.05) is 0 Å². The van der Waals surface area contributed by atoms with Crippen LogP contribution in [-0.4, -0.2) is 14.7 Å². The molecule has 0 saturated heterocycles. The van der Waals surface area contributed by atoms with Gasteiger partial charge in [-0.25, -0.2) is 8.42 Å². The van der Waals surface area contributed by atoms with Gasteiger partial charge in [0, 0.05) is 17.3 Å². The van der Waals surface area contributed by atoms with Crippen LogP contribution in [0, 0.1) is 0 Å². The molecule has 0 aliphatic carbocycles. The first kappa shape index (κ1) is 15.0. The standard InChI is InChI=1S/C13H9Cl2O4S/c1-20(17,18)9-3-5-12(10(15)7-9)19-13-6-8(14)2-4-11(13)16/h2-7H,1H3. The summed E-state index contributed by atoms with van der Waals surface area (Å²) in [5.41, 5.74) is 0. The van der Waals surface area contributed by atoms with Gasteiger partial charge in [0.2, 0.25) is 5.75 Å². The lowest BCUT2D eigenvalue weighted by atomic mass is 10.3. The van der Waals surface area contributed by atoms with Crippen LogP contribution in [0.2, 0.25) is 10.0 Å². The lowest BCUT2D eigenvalue weighted by Gasteiger charge is -2.09. The molecule has 0 fully saturated rings. The Balaban J connectivity index is 2.38. The van der Waals surface area contributed by atoms with E-state index in [4.69, 9.17) is 27.9 Å². The van der Waals surface area contributed by atoms with Crippen molar-refractivity contribution >= 4 is 33.0 Å². The Morgan fingerprint density at radius 2 is 1.70 bits per heavy atom. The third-order valence-corrected chi connectivity index (χ3v) is 4.10. The van der Waals surface area contributed by atoms with Gasteiger partial charge in [0.25, 0.3) is 0 Å². The Morgan fingerprint density at radius 1 is 1.00 bits per heavy atom. The summed E-state index contributed by atoms with van der Waals surface area (Å²) in [5, 5.41) is 12.0. The van der Waals surface area contributed by atoms with Crippen LogP contribution < -0.4 is 4.74 Å². The average molecular weight is 332 g/mol. The van der Waals surface area contributed by atoms with E-state index in [9.17, 15) is 13.5 Å². The second-order valence-corrected chi connectivity index (χ2v) is 6.92. The highest BCUT2D eigenvalue weighted by atomic mass is 35.5. The molecular formula is C13H9Cl2O4S. The first-order valence-electron chi connectivity index (χ1n) is 5.41. The Bertz CT molecular complexity index is 757. The van der Waals surface area contributed by atoms with Crippen LogP contribution in [0.15, 0.2) is 41.3 Å². The minimum Gasteiger partial charge on any atom is -0.452 e. The maximum atomic E-state index is 11.6. The molecule has 20 heavy (non-hydrogen) atoms. The zero-order valence-corrected chi connectivity index (χ0v) is 12.6. The van der Waals surface area contributed by atoms with Gasteiger partial charge < -0.3 is 4.74 Å². The number of ether oxygens (including phenoxy) is 1. The van der Waals surface area contributed by atoms with Crippen molar-refractivity contribution in [2.24, 2.45) is 0 Å². The van der Waals surface area contributed by atoms with Crippen molar-refractivity contribution < 1.29 is 18.3 Å². The number of hydrogen-bond acceptors (Lipinski definition) is 3. The molecule has 2 aromatic rings. The summed E-state index contributed by atoms with van der Waals surface area (Å²) < 4.78 is 28.1. The normalized spacial score (nSPS) is 11.3. The second kappa shape index (κ2) is 5.52. The van der Waals surface area contributed by atoms with Gasteiger partial charge >= 0.3 is 0 Å². The van der Waals surface area contributed by atoms with E-state index in [-0.39, 0.29) is 27.2 Å². The topological polar surface area (TPSA) is 63.3 Å². The molecule has 0 aliphatic rings. The number of rotatable bonds is 3. The van der Waals surface area contributed by atoms with Gasteiger partial charge in [-0.05, 0) is 30.3 Å². The van der Waals surface area contributed by atoms with Gasteiger partial charge in [0.1, 0.15) is 5.75 Å². The third kappa shape index (κ3) is 3.36. The van der Waals surface area contributed by atoms with Gasteiger partial charge in [-0.15, -0.1) is 0 Å². The molecule has 0 atom stereocenters. The number of hydrogen-bond donors (Lipinski definition) is 0. The molecule has 0 aliphatic heterocycles. The van der Waals surface area contributed by atoms with Crippen molar-refractivity contribution in [1.82, 2.24) is 0 Å². The van der Waals surface area contributed by atoms with Crippen LogP contribution in [0.5, 0.6) is 17.2 Å². The fourth-order valence-corrected chi connectivity index (χ4v) is 2.57. The first-order chi connectivity index (χ1) is 9.27. The highest BCUT2D eigenvalue weighted by Gasteiger charge is 2.13. The van der Waals surface area contributed by atoms with Crippen LogP contribution in [0.25, 0.3) is 0 Å². The Kier molecular flexibility index (Phi) is 4.13. The summed E-state index contributed by atoms with van der Waals surface area (Å²) in [5.74, 6) is -0.150. The van der Waals surface area contributed by atoms with Crippen LogP contribution >= 0.6 is 23.2 Å². The van der Waals surface area contributed by atoms with Crippen LogP contribution in [0.1, 0.15) is 0 Å². The number of halogens is 2. The van der Waals surface area contributed by atoms with Crippen LogP contribution in [-0.2, 0) is 14.9 Å². The molecule has 105 valence electrons. The maximum absolute atomic E-state index is 11.6. The number of sulfone groups is 1. The molecule has 0 spiro atoms. The Labute approximate surface area is 126 Å². The molecule has 0 unspecified atom stereocenters. The van der Waals surface area contributed by atoms with Crippen molar-refractivity contribution in [3.8, 4) is 17.2 Å². The molecule has 0 aromatic heterocycles. The summed E-state index contributed by atoms with van der Waals surface area (Å²) in [4.78, 5) is 0.0725. The largest absolute Gasteiger partial charge is 0.452 e. The van der Waals surface area contributed by atoms with Crippen molar-refractivity contribution in [2.75, 3.05) is 6.26 Å². The van der Waals surface area contributed by atoms with Gasteiger partial charge in [-0.2, -0.15) is 0 Å². The summed E-state index contributed by atoms with van der Waals surface area (Å²) >= 11 is 11.7. The van der Waals surface area contributed by atoms with E-state index < -0.39 is 9.84 Å². The minimum absolute atomic E-state index is 0.0199. The molecule has 7 heteroatoms. The second-order valence-electron chi connectivity index (χ2n) is 4.06. The van der Waals surface area contributed by atoms with E-state index in [1.54, 1.807) is 0 Å². The lowest BCUT2D eigenvalue weighted by molar-refractivity contribution is 0.329. The fraction of sp³-hybridized carbons (Fsp3) is 0.0769. The van der Waals surface area contributed by atoms with E-state index in [2.05, 4.69) is 0 Å². The monoisotopic (exact) mass is 331 g/mol. The Hall–Kier alpha value is -1.43. The van der Waals surface area contributed by atoms with Gasteiger partial charge in [-0.3, -0.25) is 5.11 Å². The highest BCUT2D eigenvalue weighted by Crippen LogP contribution is 2.37. The quantitative estimate of drug-likeness (QED) is 0.840. The molecule has 2 aromatic carbocycles. The number of benzene rings is 2. The molecular weight excluding hydrogens is 323 g/mol. The van der Waals surface area contributed by atoms with Crippen molar-refractivity contribution in [2.45, 2.75) is 4.90 Å². The van der Waals surface area contributed by atoms with Gasteiger partial charge in [-0.1, -0.05) is 23.2 Å². The minimum atomic E-state index is -3.35. The summed E-state index contributed by atoms with van der Waals surface area (Å²) in [6, 6.07) is 8.10. The van der Waals surface area contributed by atoms with Gasteiger partial charge in [0.15, 0.2) is 15.6 Å². The molecule has 0 bridgehead atoms. The summed E-state index contributed by atoms with van der Waals surface area (Å²) in [7, 11) is -3.35. The predicted molar refractivity (Wildman–Crippen MR) is 76.2 cm³/mol. The van der Waals surface area contributed by atoms with Crippen molar-refractivity contribution in [3.05, 3.63) is 46.4 Å². The van der Waals surface area contributed by atoms with Crippen molar-refractivity contribution in [3.63, 3.8) is 0 Å². The zero-order chi connectivity index (χ0) is 14.9. The predicted octanol–water partition coefficient (Wildman–Crippen LogP) is 4.33. The zero-order valence-electron chi connectivity index (χ0n) is 10.3. The highest BCUT2D eigenvalue weighted by molar-refractivity contribution is 7.90. The van der Waals surface area contributed by atoms with E-state index in [1.165, 1.54) is 36.4 Å². The molecule has 0 amide bonds. The average Bonchev–Trinajstić information content (AvgIpc) is 2.35. The van der Waals surface area contributed by atoms with Gasteiger partial charge in [0.05, 0.1) is 9.92 Å². The Morgan fingerprint density at radius 3 is 2.30 bits per heavy atom. The molecule has 2 rings (SSSR count). The fourth-order valence-electron chi connectivity index (χ4n) is 1.48. The van der Waals surface area contributed by atoms with E-state index in [0.717, 1.165) is 6.26 Å². The van der Waals surface area contributed by atoms with E-state index in [0.29, 0.717) is 5.02 Å². The molecule has 1 radical (unpaired) electrons. The molecule has 0 saturated carbocycles. The third-order valence-electron chi connectivity index (χ3n) is 2.46. The summed E-state index contributed by atoms with van der Waals surface area (Å²) in [6.07, 6.45) is 1.08. The van der Waals surface area contributed by atoms with Crippen molar-refractivity contribution in [1.29, 1.82) is 0 Å². The smallest absolute Gasteiger partial charge is 0.221 e. The molecule has 0 N–H and O–H groups in total. The van der Waals surface area contributed by atoms with E-state index >= 15 is 0 Å². The molecule has 4 nitrogen and oxygen atoms in total. The SMILES string of the molecule is CS(=O)(=O)c1ccc(Oc2cc(Cl)ccc2[O])c(Cl)c1. The van der Waals surface area contributed by atoms with Crippen LogP contribution in [0.3, 0.4) is 0 Å². The maximum Gasteiger partial charge on any atom is 0.221 e. The molecule has 0 heterocycles. The first-order valence-corrected chi connectivity index (χ1v) is 8.06. The lowest BCUT2D eigenvalue weighted by Crippen LogP contribution is -1.97. The summed E-state index contributed by atoms with van der Waals surface area (Å²) in [6.45, 7) is 0. The van der Waals surface area contributed by atoms with Crippen LogP contribution in [0.4, 0.5) is 0 Å².